The van der Waals surface area contributed by atoms with E-state index in [0.29, 0.717) is 24.7 Å². The minimum Gasteiger partial charge on any atom is -0.494 e. The fourth-order valence-electron chi connectivity index (χ4n) is 3.04. The fourth-order valence-corrected chi connectivity index (χ4v) is 4.76. The molecule has 6 nitrogen and oxygen atoms in total. The van der Waals surface area contributed by atoms with Gasteiger partial charge in [0, 0.05) is 37.3 Å². The Hall–Kier alpha value is -2.35. The summed E-state index contributed by atoms with van der Waals surface area (Å²) in [5, 5.41) is 0.374. The minimum absolute atomic E-state index is 0.140. The molecule has 0 radical (unpaired) electrons. The smallest absolute Gasteiger partial charge is 0.246 e. The lowest BCUT2D eigenvalue weighted by molar-refractivity contribution is -0.127. The molecule has 0 aliphatic carbocycles. The maximum Gasteiger partial charge on any atom is 0.246 e. The van der Waals surface area contributed by atoms with Gasteiger partial charge in [-0.25, -0.2) is 8.42 Å². The highest BCUT2D eigenvalue weighted by atomic mass is 35.5. The number of rotatable bonds is 6. The van der Waals surface area contributed by atoms with Crippen LogP contribution in [0, 0.1) is 0 Å². The monoisotopic (exact) mass is 434 g/mol. The molecule has 0 saturated carbocycles. The summed E-state index contributed by atoms with van der Waals surface area (Å²) in [6.45, 7) is 3.70. The van der Waals surface area contributed by atoms with Crippen LogP contribution >= 0.6 is 11.6 Å². The number of amides is 1. The molecule has 8 heteroatoms. The first-order chi connectivity index (χ1) is 13.9. The van der Waals surface area contributed by atoms with Crippen LogP contribution in [0.4, 0.5) is 0 Å². The van der Waals surface area contributed by atoms with Gasteiger partial charge < -0.3 is 9.64 Å². The molecule has 0 bridgehead atoms. The molecule has 2 aromatic rings. The molecule has 1 aliphatic rings. The largest absolute Gasteiger partial charge is 0.494 e. The number of hydrogen-bond acceptors (Lipinski definition) is 4. The van der Waals surface area contributed by atoms with Gasteiger partial charge >= 0.3 is 0 Å². The number of hydrogen-bond donors (Lipinski definition) is 0. The average molecular weight is 435 g/mol. The lowest BCUT2D eigenvalue weighted by Crippen LogP contribution is -2.50. The SMILES string of the molecule is CCOc1ccc(C=CC(=O)N2CCN(S(=O)(=O)c3cccc(Cl)c3)CC2)cc1. The molecule has 3 rings (SSSR count). The number of sulfonamides is 1. The molecular formula is C21H23ClN2O4S. The topological polar surface area (TPSA) is 66.9 Å². The Morgan fingerprint density at radius 2 is 1.79 bits per heavy atom. The van der Waals surface area contributed by atoms with Crippen molar-refractivity contribution in [2.75, 3.05) is 32.8 Å². The summed E-state index contributed by atoms with van der Waals surface area (Å²) in [4.78, 5) is 14.3. The Morgan fingerprint density at radius 3 is 2.41 bits per heavy atom. The molecule has 29 heavy (non-hydrogen) atoms. The van der Waals surface area contributed by atoms with E-state index in [1.165, 1.54) is 22.5 Å². The average Bonchev–Trinajstić information content (AvgIpc) is 2.73. The van der Waals surface area contributed by atoms with Crippen LogP contribution in [0.1, 0.15) is 12.5 Å². The highest BCUT2D eigenvalue weighted by Gasteiger charge is 2.29. The number of carbonyl (C=O) groups excluding carboxylic acids is 1. The lowest BCUT2D eigenvalue weighted by Gasteiger charge is -2.33. The molecule has 0 aromatic heterocycles. The second-order valence-electron chi connectivity index (χ2n) is 6.52. The van der Waals surface area contributed by atoms with Gasteiger partial charge in [-0.3, -0.25) is 4.79 Å². The summed E-state index contributed by atoms with van der Waals surface area (Å²) in [7, 11) is -3.62. The van der Waals surface area contributed by atoms with Crippen molar-refractivity contribution in [1.29, 1.82) is 0 Å². The van der Waals surface area contributed by atoms with Crippen LogP contribution in [0.3, 0.4) is 0 Å². The molecule has 0 unspecified atom stereocenters. The van der Waals surface area contributed by atoms with Crippen molar-refractivity contribution in [2.45, 2.75) is 11.8 Å². The second-order valence-corrected chi connectivity index (χ2v) is 8.90. The van der Waals surface area contributed by atoms with Crippen LogP contribution in [-0.4, -0.2) is 56.3 Å². The van der Waals surface area contributed by atoms with E-state index in [-0.39, 0.29) is 23.9 Å². The van der Waals surface area contributed by atoms with Crippen molar-refractivity contribution in [2.24, 2.45) is 0 Å². The van der Waals surface area contributed by atoms with E-state index in [1.807, 2.05) is 31.2 Å². The first-order valence-corrected chi connectivity index (χ1v) is 11.2. The summed E-state index contributed by atoms with van der Waals surface area (Å²) in [6.07, 6.45) is 3.25. The number of benzene rings is 2. The number of halogens is 1. The minimum atomic E-state index is -3.62. The zero-order chi connectivity index (χ0) is 20.9. The van der Waals surface area contributed by atoms with Gasteiger partial charge in [-0.05, 0) is 48.9 Å². The first-order valence-electron chi connectivity index (χ1n) is 9.35. The van der Waals surface area contributed by atoms with Gasteiger partial charge in [0.25, 0.3) is 0 Å². The van der Waals surface area contributed by atoms with E-state index in [2.05, 4.69) is 0 Å². The summed E-state index contributed by atoms with van der Waals surface area (Å²) < 4.78 is 32.3. The molecule has 1 heterocycles. The summed E-state index contributed by atoms with van der Waals surface area (Å²) in [6, 6.07) is 13.7. The van der Waals surface area contributed by atoms with Crippen molar-refractivity contribution in [3.63, 3.8) is 0 Å². The molecule has 0 N–H and O–H groups in total. The summed E-state index contributed by atoms with van der Waals surface area (Å²) in [5.74, 6) is 0.645. The Morgan fingerprint density at radius 1 is 1.10 bits per heavy atom. The zero-order valence-electron chi connectivity index (χ0n) is 16.1. The predicted octanol–water partition coefficient (Wildman–Crippen LogP) is 3.29. The van der Waals surface area contributed by atoms with Gasteiger partial charge in [-0.15, -0.1) is 0 Å². The van der Waals surface area contributed by atoms with Crippen LogP contribution < -0.4 is 4.74 Å². The predicted molar refractivity (Wildman–Crippen MR) is 113 cm³/mol. The molecule has 1 aliphatic heterocycles. The van der Waals surface area contributed by atoms with Crippen molar-refractivity contribution in [1.82, 2.24) is 9.21 Å². The third-order valence-corrected chi connectivity index (χ3v) is 6.72. The fraction of sp³-hybridized carbons (Fsp3) is 0.286. The van der Waals surface area contributed by atoms with Gasteiger partial charge in [-0.1, -0.05) is 29.8 Å². The van der Waals surface area contributed by atoms with Crippen LogP contribution in [0.2, 0.25) is 5.02 Å². The Kier molecular flexibility index (Phi) is 6.95. The maximum atomic E-state index is 12.7. The van der Waals surface area contributed by atoms with Crippen molar-refractivity contribution in [3.8, 4) is 5.75 Å². The number of nitrogens with zero attached hydrogens (tertiary/aromatic N) is 2. The maximum absolute atomic E-state index is 12.7. The molecular weight excluding hydrogens is 412 g/mol. The van der Waals surface area contributed by atoms with E-state index in [4.69, 9.17) is 16.3 Å². The zero-order valence-corrected chi connectivity index (χ0v) is 17.7. The van der Waals surface area contributed by atoms with E-state index in [0.717, 1.165) is 11.3 Å². The first kappa shape index (κ1) is 21.4. The Bertz CT molecular complexity index is 982. The third-order valence-electron chi connectivity index (χ3n) is 4.59. The number of piperazine rings is 1. The highest BCUT2D eigenvalue weighted by molar-refractivity contribution is 7.89. The van der Waals surface area contributed by atoms with Crippen LogP contribution in [0.25, 0.3) is 6.08 Å². The van der Waals surface area contributed by atoms with E-state index >= 15 is 0 Å². The molecule has 1 fully saturated rings. The van der Waals surface area contributed by atoms with Crippen LogP contribution in [-0.2, 0) is 14.8 Å². The van der Waals surface area contributed by atoms with Gasteiger partial charge in [0.1, 0.15) is 5.75 Å². The van der Waals surface area contributed by atoms with Gasteiger partial charge in [0.15, 0.2) is 0 Å². The van der Waals surface area contributed by atoms with Crippen LogP contribution in [0.15, 0.2) is 59.5 Å². The van der Waals surface area contributed by atoms with Crippen molar-refractivity contribution >= 4 is 33.6 Å². The van der Waals surface area contributed by atoms with Gasteiger partial charge in [0.2, 0.25) is 15.9 Å². The standard InChI is InChI=1S/C21H23ClN2O4S/c1-2-28-19-9-6-17(7-10-19)8-11-21(25)23-12-14-24(15-13-23)29(26,27)20-5-3-4-18(22)16-20/h3-11,16H,2,12-15H2,1H3. The lowest BCUT2D eigenvalue weighted by atomic mass is 10.2. The third kappa shape index (κ3) is 5.38. The van der Waals surface area contributed by atoms with E-state index < -0.39 is 10.0 Å². The van der Waals surface area contributed by atoms with E-state index in [9.17, 15) is 13.2 Å². The molecule has 1 amide bonds. The van der Waals surface area contributed by atoms with Gasteiger partial charge in [-0.2, -0.15) is 4.31 Å². The Labute approximate surface area is 176 Å². The van der Waals surface area contributed by atoms with E-state index in [1.54, 1.807) is 23.1 Å². The van der Waals surface area contributed by atoms with Crippen molar-refractivity contribution < 1.29 is 17.9 Å². The molecule has 0 atom stereocenters. The summed E-state index contributed by atoms with van der Waals surface area (Å²) >= 11 is 5.91. The second kappa shape index (κ2) is 9.43. The normalized spacial score (nSPS) is 15.6. The summed E-state index contributed by atoms with van der Waals surface area (Å²) in [5.41, 5.74) is 0.893. The quantitative estimate of drug-likeness (QED) is 0.654. The molecule has 2 aromatic carbocycles. The van der Waals surface area contributed by atoms with Gasteiger partial charge in [0.05, 0.1) is 11.5 Å². The molecule has 1 saturated heterocycles. The van der Waals surface area contributed by atoms with Crippen molar-refractivity contribution in [3.05, 3.63) is 65.2 Å². The number of ether oxygens (including phenoxy) is 1. The van der Waals surface area contributed by atoms with Crippen LogP contribution in [0.5, 0.6) is 5.75 Å². The molecule has 154 valence electrons. The highest BCUT2D eigenvalue weighted by Crippen LogP contribution is 2.21. The molecule has 0 spiro atoms. The Balaban J connectivity index is 1.58. The number of carbonyl (C=O) groups is 1.